The standard InChI is InChI=1S/C18H29N/c1-14-8-9-17(12-15(14)2)13-18(19)11-10-16-6-4-3-5-7-16/h8-9,12,16,18H,3-7,10-11,13,19H2,1-2H3. The SMILES string of the molecule is Cc1ccc(CC(N)CCC2CCCCC2)cc1C. The van der Waals surface area contributed by atoms with E-state index in [1.54, 1.807) is 0 Å². The van der Waals surface area contributed by atoms with Crippen LogP contribution in [-0.4, -0.2) is 6.04 Å². The fourth-order valence-electron chi connectivity index (χ4n) is 3.26. The van der Waals surface area contributed by atoms with E-state index < -0.39 is 0 Å². The summed E-state index contributed by atoms with van der Waals surface area (Å²) >= 11 is 0. The number of rotatable bonds is 5. The third kappa shape index (κ3) is 4.65. The van der Waals surface area contributed by atoms with Gasteiger partial charge in [0.05, 0.1) is 0 Å². The van der Waals surface area contributed by atoms with Crippen molar-refractivity contribution in [3.63, 3.8) is 0 Å². The summed E-state index contributed by atoms with van der Waals surface area (Å²) in [6.45, 7) is 4.36. The molecule has 1 fully saturated rings. The molecule has 0 bridgehead atoms. The van der Waals surface area contributed by atoms with Crippen LogP contribution in [0.25, 0.3) is 0 Å². The van der Waals surface area contributed by atoms with Crippen LogP contribution >= 0.6 is 0 Å². The maximum absolute atomic E-state index is 6.31. The van der Waals surface area contributed by atoms with Gasteiger partial charge in [0, 0.05) is 6.04 Å². The van der Waals surface area contributed by atoms with E-state index in [1.807, 2.05) is 0 Å². The van der Waals surface area contributed by atoms with Crippen LogP contribution in [0.2, 0.25) is 0 Å². The molecular weight excluding hydrogens is 230 g/mol. The van der Waals surface area contributed by atoms with Gasteiger partial charge in [-0.1, -0.05) is 50.3 Å². The molecule has 0 aromatic heterocycles. The lowest BCUT2D eigenvalue weighted by molar-refractivity contribution is 0.323. The van der Waals surface area contributed by atoms with Crippen molar-refractivity contribution in [1.29, 1.82) is 0 Å². The Labute approximate surface area is 118 Å². The average Bonchev–Trinajstić information content (AvgIpc) is 2.42. The Hall–Kier alpha value is -0.820. The largest absolute Gasteiger partial charge is 0.327 e. The molecule has 0 amide bonds. The van der Waals surface area contributed by atoms with Gasteiger partial charge >= 0.3 is 0 Å². The highest BCUT2D eigenvalue weighted by molar-refractivity contribution is 5.30. The molecule has 1 aromatic carbocycles. The highest BCUT2D eigenvalue weighted by atomic mass is 14.6. The van der Waals surface area contributed by atoms with Gasteiger partial charge in [-0.05, 0) is 55.7 Å². The third-order valence-corrected chi connectivity index (χ3v) is 4.74. The molecule has 1 aliphatic carbocycles. The van der Waals surface area contributed by atoms with E-state index in [0.29, 0.717) is 6.04 Å². The molecule has 2 N–H and O–H groups in total. The van der Waals surface area contributed by atoms with Crippen molar-refractivity contribution < 1.29 is 0 Å². The van der Waals surface area contributed by atoms with Gasteiger partial charge in [0.2, 0.25) is 0 Å². The van der Waals surface area contributed by atoms with Gasteiger partial charge in [-0.25, -0.2) is 0 Å². The first-order valence-electron chi connectivity index (χ1n) is 7.97. The Bertz CT molecular complexity index is 391. The van der Waals surface area contributed by atoms with Crippen LogP contribution < -0.4 is 5.73 Å². The lowest BCUT2D eigenvalue weighted by Gasteiger charge is -2.23. The summed E-state index contributed by atoms with van der Waals surface area (Å²) in [5, 5.41) is 0. The minimum Gasteiger partial charge on any atom is -0.327 e. The summed E-state index contributed by atoms with van der Waals surface area (Å²) < 4.78 is 0. The topological polar surface area (TPSA) is 26.0 Å². The van der Waals surface area contributed by atoms with Crippen molar-refractivity contribution in [3.8, 4) is 0 Å². The predicted molar refractivity (Wildman–Crippen MR) is 83.4 cm³/mol. The second-order valence-electron chi connectivity index (χ2n) is 6.46. The van der Waals surface area contributed by atoms with E-state index >= 15 is 0 Å². The first kappa shape index (κ1) is 14.6. The van der Waals surface area contributed by atoms with Crippen molar-refractivity contribution in [2.45, 2.75) is 71.3 Å². The number of hydrogen-bond donors (Lipinski definition) is 1. The molecule has 1 aromatic rings. The zero-order valence-electron chi connectivity index (χ0n) is 12.6. The number of nitrogens with two attached hydrogens (primary N) is 1. The van der Waals surface area contributed by atoms with E-state index in [-0.39, 0.29) is 0 Å². The quantitative estimate of drug-likeness (QED) is 0.825. The van der Waals surface area contributed by atoms with Gasteiger partial charge in [0.15, 0.2) is 0 Å². The molecule has 1 saturated carbocycles. The van der Waals surface area contributed by atoms with Gasteiger partial charge in [-0.2, -0.15) is 0 Å². The smallest absolute Gasteiger partial charge is 0.00794 e. The second-order valence-corrected chi connectivity index (χ2v) is 6.46. The Morgan fingerprint density at radius 3 is 2.53 bits per heavy atom. The average molecular weight is 259 g/mol. The Morgan fingerprint density at radius 1 is 1.11 bits per heavy atom. The monoisotopic (exact) mass is 259 g/mol. The first-order valence-corrected chi connectivity index (χ1v) is 7.97. The molecule has 0 radical (unpaired) electrons. The molecule has 19 heavy (non-hydrogen) atoms. The van der Waals surface area contributed by atoms with Gasteiger partial charge in [0.25, 0.3) is 0 Å². The number of aryl methyl sites for hydroxylation is 2. The van der Waals surface area contributed by atoms with Crippen LogP contribution in [0.4, 0.5) is 0 Å². The third-order valence-electron chi connectivity index (χ3n) is 4.74. The summed E-state index contributed by atoms with van der Waals surface area (Å²) in [5.41, 5.74) is 10.5. The van der Waals surface area contributed by atoms with E-state index in [1.165, 1.54) is 61.6 Å². The molecule has 1 aliphatic rings. The minimum absolute atomic E-state index is 0.337. The zero-order chi connectivity index (χ0) is 13.7. The van der Waals surface area contributed by atoms with Crippen molar-refractivity contribution in [3.05, 3.63) is 34.9 Å². The van der Waals surface area contributed by atoms with Crippen molar-refractivity contribution in [1.82, 2.24) is 0 Å². The molecule has 1 heteroatoms. The summed E-state index contributed by atoms with van der Waals surface area (Å²) in [4.78, 5) is 0. The normalized spacial score (nSPS) is 18.5. The molecule has 0 heterocycles. The Kier molecular flexibility index (Phi) is 5.45. The zero-order valence-corrected chi connectivity index (χ0v) is 12.6. The lowest BCUT2D eigenvalue weighted by Crippen LogP contribution is -2.24. The highest BCUT2D eigenvalue weighted by Crippen LogP contribution is 2.27. The summed E-state index contributed by atoms with van der Waals surface area (Å²) in [5.74, 6) is 0.958. The maximum atomic E-state index is 6.31. The fourth-order valence-corrected chi connectivity index (χ4v) is 3.26. The first-order chi connectivity index (χ1) is 9.15. The summed E-state index contributed by atoms with van der Waals surface area (Å²) in [6, 6.07) is 7.10. The van der Waals surface area contributed by atoms with Gasteiger partial charge in [-0.3, -0.25) is 0 Å². The van der Waals surface area contributed by atoms with Crippen LogP contribution in [0.15, 0.2) is 18.2 Å². The Balaban J connectivity index is 1.76. The van der Waals surface area contributed by atoms with Crippen LogP contribution in [0.1, 0.15) is 61.6 Å². The molecule has 0 saturated heterocycles. The van der Waals surface area contributed by atoms with Crippen LogP contribution in [0.3, 0.4) is 0 Å². The summed E-state index contributed by atoms with van der Waals surface area (Å²) in [6.07, 6.45) is 10.8. The number of hydrogen-bond acceptors (Lipinski definition) is 1. The van der Waals surface area contributed by atoms with Gasteiger partial charge in [0.1, 0.15) is 0 Å². The van der Waals surface area contributed by atoms with Crippen molar-refractivity contribution in [2.75, 3.05) is 0 Å². The van der Waals surface area contributed by atoms with E-state index in [4.69, 9.17) is 5.73 Å². The number of benzene rings is 1. The molecule has 1 unspecified atom stereocenters. The van der Waals surface area contributed by atoms with Crippen LogP contribution in [0, 0.1) is 19.8 Å². The maximum Gasteiger partial charge on any atom is 0.00794 e. The van der Waals surface area contributed by atoms with Crippen LogP contribution in [-0.2, 0) is 6.42 Å². The Morgan fingerprint density at radius 2 is 1.84 bits per heavy atom. The van der Waals surface area contributed by atoms with E-state index in [0.717, 1.165) is 12.3 Å². The molecule has 106 valence electrons. The second kappa shape index (κ2) is 7.09. The molecule has 1 nitrogen and oxygen atoms in total. The van der Waals surface area contributed by atoms with Crippen molar-refractivity contribution in [2.24, 2.45) is 11.7 Å². The van der Waals surface area contributed by atoms with Crippen molar-refractivity contribution >= 4 is 0 Å². The molecule has 1 atom stereocenters. The van der Waals surface area contributed by atoms with E-state index in [9.17, 15) is 0 Å². The van der Waals surface area contributed by atoms with Gasteiger partial charge < -0.3 is 5.73 Å². The van der Waals surface area contributed by atoms with E-state index in [2.05, 4.69) is 32.0 Å². The lowest BCUT2D eigenvalue weighted by atomic mass is 9.84. The molecule has 0 aliphatic heterocycles. The molecule has 2 rings (SSSR count). The van der Waals surface area contributed by atoms with Gasteiger partial charge in [-0.15, -0.1) is 0 Å². The highest BCUT2D eigenvalue weighted by Gasteiger charge is 2.14. The van der Waals surface area contributed by atoms with Crippen LogP contribution in [0.5, 0.6) is 0 Å². The predicted octanol–water partition coefficient (Wildman–Crippen LogP) is 4.53. The molecular formula is C18H29N. The fraction of sp³-hybridized carbons (Fsp3) is 0.667. The molecule has 0 spiro atoms. The minimum atomic E-state index is 0.337. The summed E-state index contributed by atoms with van der Waals surface area (Å²) in [7, 11) is 0.